The molecule has 5 heteroatoms. The van der Waals surface area contributed by atoms with Crippen molar-refractivity contribution in [2.45, 2.75) is 19.4 Å². The predicted molar refractivity (Wildman–Crippen MR) is 75.7 cm³/mol. The van der Waals surface area contributed by atoms with Crippen molar-refractivity contribution < 1.29 is 4.79 Å². The fourth-order valence-electron chi connectivity index (χ4n) is 3.47. The second kappa shape index (κ2) is 4.31. The number of hydrogen-bond donors (Lipinski definition) is 1. The van der Waals surface area contributed by atoms with Crippen molar-refractivity contribution in [3.05, 3.63) is 35.9 Å². The Labute approximate surface area is 117 Å². The first-order valence-electron chi connectivity index (χ1n) is 7.16. The quantitative estimate of drug-likeness (QED) is 0.888. The van der Waals surface area contributed by atoms with Crippen LogP contribution in [0.15, 0.2) is 24.7 Å². The minimum atomic E-state index is -0.0508. The highest BCUT2D eigenvalue weighted by Gasteiger charge is 2.38. The summed E-state index contributed by atoms with van der Waals surface area (Å²) in [4.78, 5) is 19.0. The fraction of sp³-hybridized carbons (Fsp3) is 0.467. The maximum atomic E-state index is 12.3. The maximum Gasteiger partial charge on any atom is 0.270 e. The number of aromatic nitrogens is 2. The number of nitrogens with zero attached hydrogens (tertiary/aromatic N) is 3. The van der Waals surface area contributed by atoms with Gasteiger partial charge in [-0.1, -0.05) is 0 Å². The Hall–Kier alpha value is -1.88. The van der Waals surface area contributed by atoms with Gasteiger partial charge in [-0.05, 0) is 43.5 Å². The van der Waals surface area contributed by atoms with Crippen LogP contribution >= 0.6 is 0 Å². The second-order valence-electron chi connectivity index (χ2n) is 6.01. The number of fused-ring (bicyclic) bond motifs is 3. The van der Waals surface area contributed by atoms with Crippen molar-refractivity contribution in [1.82, 2.24) is 19.6 Å². The van der Waals surface area contributed by atoms with E-state index in [2.05, 4.69) is 21.3 Å². The van der Waals surface area contributed by atoms with E-state index in [1.807, 2.05) is 23.6 Å². The lowest BCUT2D eigenvalue weighted by atomic mass is 10.00. The summed E-state index contributed by atoms with van der Waals surface area (Å²) in [6, 6.07) is 4.21. The summed E-state index contributed by atoms with van der Waals surface area (Å²) in [7, 11) is 0. The highest BCUT2D eigenvalue weighted by atomic mass is 16.2. The van der Waals surface area contributed by atoms with Gasteiger partial charge in [-0.15, -0.1) is 0 Å². The minimum absolute atomic E-state index is 0.0508. The van der Waals surface area contributed by atoms with E-state index in [9.17, 15) is 4.79 Å². The molecule has 0 aromatic carbocycles. The molecule has 0 radical (unpaired) electrons. The number of piperidine rings is 1. The maximum absolute atomic E-state index is 12.3. The van der Waals surface area contributed by atoms with Crippen LogP contribution in [0.3, 0.4) is 0 Å². The van der Waals surface area contributed by atoms with Gasteiger partial charge >= 0.3 is 0 Å². The monoisotopic (exact) mass is 270 g/mol. The Morgan fingerprint density at radius 1 is 1.40 bits per heavy atom. The van der Waals surface area contributed by atoms with Gasteiger partial charge in [0.25, 0.3) is 5.91 Å². The van der Waals surface area contributed by atoms with E-state index < -0.39 is 0 Å². The largest absolute Gasteiger partial charge is 0.346 e. The number of nitrogens with one attached hydrogen (secondary N) is 1. The Balaban J connectivity index is 1.54. The number of carbonyl (C=O) groups is 1. The molecule has 0 aliphatic carbocycles. The van der Waals surface area contributed by atoms with Gasteiger partial charge in [0, 0.05) is 30.8 Å². The van der Waals surface area contributed by atoms with E-state index >= 15 is 0 Å². The lowest BCUT2D eigenvalue weighted by Crippen LogP contribution is -2.43. The van der Waals surface area contributed by atoms with Crippen molar-refractivity contribution in [2.24, 2.45) is 5.92 Å². The molecule has 0 saturated carbocycles. The molecule has 2 aliphatic heterocycles. The zero-order valence-corrected chi connectivity index (χ0v) is 11.5. The van der Waals surface area contributed by atoms with Gasteiger partial charge in [0.15, 0.2) is 0 Å². The second-order valence-corrected chi connectivity index (χ2v) is 6.01. The molecule has 1 N–H and O–H groups in total. The zero-order chi connectivity index (χ0) is 13.7. The zero-order valence-electron chi connectivity index (χ0n) is 11.5. The number of hydrogen-bond acceptors (Lipinski definition) is 3. The van der Waals surface area contributed by atoms with Crippen LogP contribution in [0.1, 0.15) is 22.5 Å². The van der Waals surface area contributed by atoms with Gasteiger partial charge in [-0.25, -0.2) is 4.98 Å². The van der Waals surface area contributed by atoms with E-state index in [4.69, 9.17) is 0 Å². The highest BCUT2D eigenvalue weighted by Crippen LogP contribution is 2.27. The van der Waals surface area contributed by atoms with Crippen LogP contribution in [-0.4, -0.2) is 45.9 Å². The molecule has 2 aliphatic rings. The summed E-state index contributed by atoms with van der Waals surface area (Å²) in [6.45, 7) is 5.35. The van der Waals surface area contributed by atoms with Crippen LogP contribution < -0.4 is 5.32 Å². The number of amides is 1. The molecule has 2 saturated heterocycles. The molecule has 5 nitrogen and oxygen atoms in total. The third-order valence-electron chi connectivity index (χ3n) is 4.50. The van der Waals surface area contributed by atoms with E-state index in [0.717, 1.165) is 18.6 Å². The summed E-state index contributed by atoms with van der Waals surface area (Å²) >= 11 is 0. The average molecular weight is 270 g/mol. The van der Waals surface area contributed by atoms with Crippen molar-refractivity contribution in [3.63, 3.8) is 0 Å². The van der Waals surface area contributed by atoms with Crippen molar-refractivity contribution >= 4 is 11.4 Å². The van der Waals surface area contributed by atoms with Crippen molar-refractivity contribution in [2.75, 3.05) is 19.6 Å². The molecule has 0 spiro atoms. The molecule has 4 rings (SSSR count). The topological polar surface area (TPSA) is 49.6 Å². The summed E-state index contributed by atoms with van der Waals surface area (Å²) in [6.07, 6.45) is 4.92. The predicted octanol–water partition coefficient (Wildman–Crippen LogP) is 1.08. The Morgan fingerprint density at radius 3 is 3.05 bits per heavy atom. The molecule has 1 amide bonds. The molecule has 2 fully saturated rings. The first kappa shape index (κ1) is 11.9. The first-order chi connectivity index (χ1) is 9.69. The number of carbonyl (C=O) groups excluding carboxylic acids is 1. The number of rotatable bonds is 2. The van der Waals surface area contributed by atoms with E-state index in [1.165, 1.54) is 18.5 Å². The van der Waals surface area contributed by atoms with Crippen molar-refractivity contribution in [3.8, 4) is 0 Å². The minimum Gasteiger partial charge on any atom is -0.346 e. The van der Waals surface area contributed by atoms with Gasteiger partial charge in [0.1, 0.15) is 5.69 Å². The molecule has 3 atom stereocenters. The molecule has 2 aromatic heterocycles. The van der Waals surface area contributed by atoms with E-state index in [1.54, 1.807) is 6.33 Å². The lowest BCUT2D eigenvalue weighted by molar-refractivity contribution is 0.0919. The van der Waals surface area contributed by atoms with E-state index in [0.29, 0.717) is 17.7 Å². The van der Waals surface area contributed by atoms with Crippen LogP contribution in [0.2, 0.25) is 0 Å². The number of aryl methyl sites for hydroxylation is 1. The molecule has 104 valence electrons. The van der Waals surface area contributed by atoms with Gasteiger partial charge in [0.05, 0.1) is 6.33 Å². The molecule has 4 heterocycles. The molecular formula is C15H18N4O. The van der Waals surface area contributed by atoms with Crippen LogP contribution in [-0.2, 0) is 0 Å². The van der Waals surface area contributed by atoms with Crippen LogP contribution in [0.5, 0.6) is 0 Å². The van der Waals surface area contributed by atoms with Crippen molar-refractivity contribution in [1.29, 1.82) is 0 Å². The van der Waals surface area contributed by atoms with Gasteiger partial charge in [-0.3, -0.25) is 4.79 Å². The normalized spacial score (nSPS) is 28.1. The molecular weight excluding hydrogens is 252 g/mol. The standard InChI is InChI=1S/C15H18N4O/c1-10-4-12-5-13(16-9-19(12)6-10)15(20)17-14-8-18-3-2-11(14)7-18/h4-6,9,11,14H,2-3,7-8H2,1H3,(H,17,20)/t11-,14?/m0/s1. The Morgan fingerprint density at radius 2 is 2.30 bits per heavy atom. The highest BCUT2D eigenvalue weighted by molar-refractivity contribution is 5.93. The fourth-order valence-corrected chi connectivity index (χ4v) is 3.47. The molecule has 2 unspecified atom stereocenters. The van der Waals surface area contributed by atoms with Gasteiger partial charge in [0.2, 0.25) is 0 Å². The third-order valence-corrected chi connectivity index (χ3v) is 4.50. The SMILES string of the molecule is Cc1cc2cc(C(=O)NC3CN4CC[C@H]3C4)ncn2c1. The third kappa shape index (κ3) is 1.89. The summed E-state index contributed by atoms with van der Waals surface area (Å²) in [5.41, 5.74) is 2.69. The molecule has 20 heavy (non-hydrogen) atoms. The molecule has 2 bridgehead atoms. The summed E-state index contributed by atoms with van der Waals surface area (Å²) < 4.78 is 1.94. The van der Waals surface area contributed by atoms with Crippen LogP contribution in [0.4, 0.5) is 0 Å². The Kier molecular flexibility index (Phi) is 2.57. The van der Waals surface area contributed by atoms with Crippen LogP contribution in [0, 0.1) is 12.8 Å². The lowest BCUT2D eigenvalue weighted by Gasteiger charge is -2.22. The van der Waals surface area contributed by atoms with E-state index in [-0.39, 0.29) is 5.91 Å². The summed E-state index contributed by atoms with van der Waals surface area (Å²) in [5, 5.41) is 3.15. The summed E-state index contributed by atoms with van der Waals surface area (Å²) in [5.74, 6) is 0.573. The van der Waals surface area contributed by atoms with Crippen LogP contribution in [0.25, 0.3) is 5.52 Å². The van der Waals surface area contributed by atoms with Gasteiger partial charge < -0.3 is 14.6 Å². The van der Waals surface area contributed by atoms with Gasteiger partial charge in [-0.2, -0.15) is 0 Å². The smallest absolute Gasteiger partial charge is 0.270 e. The average Bonchev–Trinajstić information content (AvgIpc) is 3.10. The first-order valence-corrected chi connectivity index (χ1v) is 7.16. The molecule has 2 aromatic rings. The Bertz CT molecular complexity index is 678.